The van der Waals surface area contributed by atoms with Crippen LogP contribution in [0.3, 0.4) is 0 Å². The third-order valence-corrected chi connectivity index (χ3v) is 6.69. The van der Waals surface area contributed by atoms with E-state index < -0.39 is 5.97 Å². The van der Waals surface area contributed by atoms with Crippen LogP contribution in [0.4, 0.5) is 10.5 Å². The quantitative estimate of drug-likeness (QED) is 0.307. The fourth-order valence-corrected chi connectivity index (χ4v) is 5.08. The number of carboxylic acid groups (broad SMARTS) is 1. The molecule has 3 rings (SSSR count). The Morgan fingerprint density at radius 2 is 1.84 bits per heavy atom. The number of rotatable bonds is 13. The molecular formula is C26H37NO5. The van der Waals surface area contributed by atoms with Crippen molar-refractivity contribution in [2.24, 2.45) is 11.8 Å². The Hall–Kier alpha value is -2.34. The number of hydrogen-bond donors (Lipinski definition) is 1. The number of benzene rings is 1. The molecule has 1 aromatic rings. The Morgan fingerprint density at radius 1 is 1.09 bits per heavy atom. The number of nitrogens with zero attached hydrogens (tertiary/aromatic N) is 1. The number of anilines is 1. The molecule has 6 nitrogen and oxygen atoms in total. The van der Waals surface area contributed by atoms with E-state index in [1.54, 1.807) is 4.90 Å². The molecule has 2 saturated heterocycles. The highest BCUT2D eigenvalue weighted by atomic mass is 16.6. The first-order valence-corrected chi connectivity index (χ1v) is 12.1. The van der Waals surface area contributed by atoms with Gasteiger partial charge in [0.25, 0.3) is 0 Å². The lowest BCUT2D eigenvalue weighted by molar-refractivity contribution is -0.137. The highest BCUT2D eigenvalue weighted by molar-refractivity contribution is 5.87. The average Bonchev–Trinajstić information content (AvgIpc) is 3.39. The predicted octanol–water partition coefficient (Wildman–Crippen LogP) is 5.81. The second-order valence-corrected chi connectivity index (χ2v) is 8.80. The predicted molar refractivity (Wildman–Crippen MR) is 125 cm³/mol. The van der Waals surface area contributed by atoms with Gasteiger partial charge in [-0.2, -0.15) is 0 Å². The minimum atomic E-state index is -0.729. The maximum Gasteiger partial charge on any atom is 0.414 e. The molecule has 2 heterocycles. The summed E-state index contributed by atoms with van der Waals surface area (Å²) in [4.78, 5) is 24.7. The number of carbonyl (C=O) groups excluding carboxylic acids is 1. The van der Waals surface area contributed by atoms with Gasteiger partial charge in [0.05, 0.1) is 18.8 Å². The van der Waals surface area contributed by atoms with Gasteiger partial charge in [-0.05, 0) is 82.3 Å². The molecule has 0 aromatic heterocycles. The van der Waals surface area contributed by atoms with E-state index in [4.69, 9.17) is 14.6 Å². The molecule has 2 aliphatic rings. The molecule has 0 aliphatic carbocycles. The zero-order valence-corrected chi connectivity index (χ0v) is 19.2. The monoisotopic (exact) mass is 443 g/mol. The topological polar surface area (TPSA) is 76.1 Å². The number of hydrogen-bond acceptors (Lipinski definition) is 4. The fourth-order valence-electron chi connectivity index (χ4n) is 5.08. The van der Waals surface area contributed by atoms with Crippen molar-refractivity contribution in [3.63, 3.8) is 0 Å². The molecule has 176 valence electrons. The van der Waals surface area contributed by atoms with E-state index in [9.17, 15) is 9.59 Å². The maximum absolute atomic E-state index is 12.4. The standard InChI is InChI=1S/C26H37NO5/c1-2-27(20-12-6-5-7-13-20)26(30)31-19-11-10-15-22-21(23-17-18-24(22)32-23)14-8-3-4-9-16-25(28)29/h3,5-8,12-13,21-24H,2,4,9-11,14-19H2,1H3,(H,28,29)/t21-,22+,23-,24+/m1/s1. The van der Waals surface area contributed by atoms with Crippen molar-refractivity contribution in [3.05, 3.63) is 42.5 Å². The summed E-state index contributed by atoms with van der Waals surface area (Å²) in [6.07, 6.45) is 12.9. The van der Waals surface area contributed by atoms with E-state index in [1.807, 2.05) is 37.3 Å². The van der Waals surface area contributed by atoms with Crippen molar-refractivity contribution in [1.82, 2.24) is 0 Å². The van der Waals surface area contributed by atoms with Gasteiger partial charge in [-0.15, -0.1) is 0 Å². The van der Waals surface area contributed by atoms with Crippen LogP contribution in [0.1, 0.15) is 64.7 Å². The van der Waals surface area contributed by atoms with Crippen LogP contribution in [0.2, 0.25) is 0 Å². The number of unbranched alkanes of at least 4 members (excludes halogenated alkanes) is 2. The van der Waals surface area contributed by atoms with Crippen LogP contribution in [0.15, 0.2) is 42.5 Å². The molecule has 32 heavy (non-hydrogen) atoms. The number of allylic oxidation sites excluding steroid dienone is 2. The summed E-state index contributed by atoms with van der Waals surface area (Å²) in [6, 6.07) is 9.61. The maximum atomic E-state index is 12.4. The van der Waals surface area contributed by atoms with Gasteiger partial charge in [-0.25, -0.2) is 4.79 Å². The Bertz CT molecular complexity index is 750. The molecule has 0 unspecified atom stereocenters. The minimum Gasteiger partial charge on any atom is -0.481 e. The summed E-state index contributed by atoms with van der Waals surface area (Å²) < 4.78 is 11.7. The Kier molecular flexibility index (Phi) is 9.60. The number of carboxylic acids is 1. The van der Waals surface area contributed by atoms with Crippen LogP contribution >= 0.6 is 0 Å². The van der Waals surface area contributed by atoms with E-state index in [2.05, 4.69) is 12.2 Å². The van der Waals surface area contributed by atoms with Crippen LogP contribution in [0, 0.1) is 11.8 Å². The number of ether oxygens (including phenoxy) is 2. The van der Waals surface area contributed by atoms with Gasteiger partial charge in [0.15, 0.2) is 0 Å². The van der Waals surface area contributed by atoms with Gasteiger partial charge >= 0.3 is 12.1 Å². The van der Waals surface area contributed by atoms with Gasteiger partial charge in [-0.3, -0.25) is 9.69 Å². The number of para-hydroxylation sites is 1. The van der Waals surface area contributed by atoms with Crippen molar-refractivity contribution >= 4 is 17.7 Å². The van der Waals surface area contributed by atoms with Crippen LogP contribution in [-0.2, 0) is 14.3 Å². The lowest BCUT2D eigenvalue weighted by Crippen LogP contribution is -2.31. The summed E-state index contributed by atoms with van der Waals surface area (Å²) in [7, 11) is 0. The zero-order chi connectivity index (χ0) is 22.8. The number of carbonyl (C=O) groups is 2. The van der Waals surface area contributed by atoms with Gasteiger partial charge < -0.3 is 14.6 Å². The van der Waals surface area contributed by atoms with Gasteiger partial charge in [0.1, 0.15) is 0 Å². The second-order valence-electron chi connectivity index (χ2n) is 8.80. The van der Waals surface area contributed by atoms with Crippen molar-refractivity contribution in [1.29, 1.82) is 0 Å². The van der Waals surface area contributed by atoms with E-state index in [0.717, 1.165) is 50.6 Å². The molecule has 2 fully saturated rings. The van der Waals surface area contributed by atoms with Crippen LogP contribution in [-0.4, -0.2) is 42.5 Å². The molecule has 1 N–H and O–H groups in total. The largest absolute Gasteiger partial charge is 0.481 e. The average molecular weight is 444 g/mol. The Balaban J connectivity index is 1.36. The SMILES string of the molecule is CCN(C(=O)OCCCC[C@H]1[C@@H](CC=CCCCC(=O)O)[C@H]2CC[C@@H]1O2)c1ccccc1. The molecule has 4 atom stereocenters. The molecular weight excluding hydrogens is 406 g/mol. The van der Waals surface area contributed by atoms with Crippen molar-refractivity contribution in [3.8, 4) is 0 Å². The van der Waals surface area contributed by atoms with E-state index in [-0.39, 0.29) is 12.5 Å². The third-order valence-electron chi connectivity index (χ3n) is 6.69. The first kappa shape index (κ1) is 24.3. The molecule has 2 bridgehead atoms. The Labute approximate surface area is 191 Å². The minimum absolute atomic E-state index is 0.232. The molecule has 1 aromatic carbocycles. The van der Waals surface area contributed by atoms with Crippen molar-refractivity contribution < 1.29 is 24.2 Å². The number of amides is 1. The normalized spacial score (nSPS) is 24.2. The first-order valence-electron chi connectivity index (χ1n) is 12.1. The Morgan fingerprint density at radius 3 is 2.56 bits per heavy atom. The van der Waals surface area contributed by atoms with Gasteiger partial charge in [0, 0.05) is 18.7 Å². The number of aliphatic carboxylic acids is 1. The smallest absolute Gasteiger partial charge is 0.414 e. The van der Waals surface area contributed by atoms with Gasteiger partial charge in [0.2, 0.25) is 0 Å². The van der Waals surface area contributed by atoms with E-state index in [1.165, 1.54) is 0 Å². The first-order chi connectivity index (χ1) is 15.6. The van der Waals surface area contributed by atoms with Crippen molar-refractivity contribution in [2.45, 2.75) is 76.9 Å². The second kappa shape index (κ2) is 12.6. The molecule has 2 aliphatic heterocycles. The van der Waals surface area contributed by atoms with Gasteiger partial charge in [-0.1, -0.05) is 30.4 Å². The lowest BCUT2D eigenvalue weighted by Gasteiger charge is -2.27. The zero-order valence-electron chi connectivity index (χ0n) is 19.2. The summed E-state index contributed by atoms with van der Waals surface area (Å²) in [5.74, 6) is 0.401. The molecule has 1 amide bonds. The van der Waals surface area contributed by atoms with E-state index >= 15 is 0 Å². The summed E-state index contributed by atoms with van der Waals surface area (Å²) in [6.45, 7) is 2.97. The van der Waals surface area contributed by atoms with Crippen molar-refractivity contribution in [2.75, 3.05) is 18.1 Å². The lowest BCUT2D eigenvalue weighted by atomic mass is 9.75. The highest BCUT2D eigenvalue weighted by Crippen LogP contribution is 2.47. The number of fused-ring (bicyclic) bond motifs is 2. The van der Waals surface area contributed by atoms with E-state index in [0.29, 0.717) is 43.6 Å². The molecule has 6 heteroatoms. The third kappa shape index (κ3) is 6.83. The fraction of sp³-hybridized carbons (Fsp3) is 0.615. The van der Waals surface area contributed by atoms with Crippen LogP contribution in [0.25, 0.3) is 0 Å². The molecule has 0 saturated carbocycles. The van der Waals surface area contributed by atoms with Crippen LogP contribution < -0.4 is 4.90 Å². The summed E-state index contributed by atoms with van der Waals surface area (Å²) >= 11 is 0. The summed E-state index contributed by atoms with van der Waals surface area (Å²) in [5, 5.41) is 8.72. The molecule has 0 spiro atoms. The summed E-state index contributed by atoms with van der Waals surface area (Å²) in [5.41, 5.74) is 0.859. The highest BCUT2D eigenvalue weighted by Gasteiger charge is 2.47. The molecule has 0 radical (unpaired) electrons. The van der Waals surface area contributed by atoms with Crippen LogP contribution in [0.5, 0.6) is 0 Å².